The van der Waals surface area contributed by atoms with Crippen molar-refractivity contribution in [2.75, 3.05) is 32.8 Å². The molecule has 23 heteroatoms. The summed E-state index contributed by atoms with van der Waals surface area (Å²) in [5, 5.41) is 90.2. The van der Waals surface area contributed by atoms with E-state index in [1.165, 1.54) is 41.3 Å². The van der Waals surface area contributed by atoms with Gasteiger partial charge in [0, 0.05) is 55.4 Å². The van der Waals surface area contributed by atoms with Crippen molar-refractivity contribution in [2.24, 2.45) is 10.7 Å². The van der Waals surface area contributed by atoms with Crippen molar-refractivity contribution in [3.05, 3.63) is 107 Å². The number of guanidine groups is 1. The van der Waals surface area contributed by atoms with E-state index in [4.69, 9.17) is 29.2 Å². The van der Waals surface area contributed by atoms with Crippen molar-refractivity contribution in [3.8, 4) is 33.9 Å². The van der Waals surface area contributed by atoms with Crippen LogP contribution in [0.1, 0.15) is 62.5 Å². The van der Waals surface area contributed by atoms with Crippen LogP contribution in [0.5, 0.6) is 11.5 Å². The van der Waals surface area contributed by atoms with Gasteiger partial charge in [-0.25, -0.2) is 9.59 Å². The molecular weight excluding hydrogens is 1010 g/mol. The monoisotopic (exact) mass is 1080 g/mol. The van der Waals surface area contributed by atoms with E-state index in [2.05, 4.69) is 25.9 Å². The van der Waals surface area contributed by atoms with E-state index in [1.54, 1.807) is 30.6 Å². The molecular formula is C55H67N7O16. The highest BCUT2D eigenvalue weighted by molar-refractivity contribution is 5.98. The van der Waals surface area contributed by atoms with E-state index in [-0.39, 0.29) is 60.0 Å². The Kier molecular flexibility index (Phi) is 18.2. The molecule has 1 aliphatic carbocycles. The number of aromatic amines is 1. The summed E-state index contributed by atoms with van der Waals surface area (Å²) < 4.78 is 26.2. The standard InChI is InChI=1S/C55H67N7O16/c1-31-24-32(2)26-35(25-31)45-43-34(17-19-59-43)28-62(45)78-48-52(75-38-15-16-39-41(27-38)74-29-40(46(39)68)33-11-13-37(66)14-12-33)76-47(54(72,30-65)55(48,73)42(67)10-6-22-63)49(77-51(71)44(50(69)70)58-18-7-23-64)61-53(56)60-21-20-57-36-8-4-3-5-9-36/h11-17,19,23-29,36,42,44,47-49,52,57-59,63,65-67,72-73H,3-10,18,20-22,30H2,1-2H3,(H,69,70)(H3,56,60,61)/t42-,44-,47+,48-,49+,52+,54+,55+/m1/s1. The molecule has 2 aliphatic rings. The molecule has 4 heterocycles. The van der Waals surface area contributed by atoms with Gasteiger partial charge < -0.3 is 85.4 Å². The fourth-order valence-corrected chi connectivity index (χ4v) is 10.4. The highest BCUT2D eigenvalue weighted by atomic mass is 16.8. The highest BCUT2D eigenvalue weighted by Crippen LogP contribution is 2.45. The van der Waals surface area contributed by atoms with E-state index in [1.807, 2.05) is 32.0 Å². The van der Waals surface area contributed by atoms with E-state index in [0.29, 0.717) is 40.6 Å². The lowest BCUT2D eigenvalue weighted by Gasteiger charge is -2.57. The Labute approximate surface area is 447 Å². The number of aldehydes is 1. The topological polar surface area (TPSA) is 355 Å². The number of fused-ring (bicyclic) bond motifs is 2. The van der Waals surface area contributed by atoms with Crippen LogP contribution in [-0.2, 0) is 23.9 Å². The molecule has 23 nitrogen and oxygen atoms in total. The van der Waals surface area contributed by atoms with Gasteiger partial charge in [0.05, 0.1) is 41.9 Å². The van der Waals surface area contributed by atoms with Crippen LogP contribution in [0.15, 0.2) is 99.6 Å². The first-order chi connectivity index (χ1) is 37.5. The smallest absolute Gasteiger partial charge is 0.336 e. The van der Waals surface area contributed by atoms with Crippen LogP contribution >= 0.6 is 0 Å². The zero-order chi connectivity index (χ0) is 55.7. The van der Waals surface area contributed by atoms with E-state index in [0.717, 1.165) is 43.2 Å². The molecule has 0 unspecified atom stereocenters. The largest absolute Gasteiger partial charge is 0.508 e. The average Bonchev–Trinajstić information content (AvgIpc) is 4.08. The van der Waals surface area contributed by atoms with Gasteiger partial charge in [0.2, 0.25) is 24.7 Å². The Balaban J connectivity index is 1.27. The number of aliphatic hydroxyl groups is 5. The summed E-state index contributed by atoms with van der Waals surface area (Å²) in [4.78, 5) is 66.1. The van der Waals surface area contributed by atoms with Crippen LogP contribution in [0, 0.1) is 13.8 Å². The Morgan fingerprint density at radius 3 is 2.44 bits per heavy atom. The molecule has 1 saturated carbocycles. The maximum Gasteiger partial charge on any atom is 0.336 e. The number of carbonyl (C=O) groups excluding carboxylic acids is 2. The minimum absolute atomic E-state index is 0.00369. The number of aromatic hydroxyl groups is 1. The van der Waals surface area contributed by atoms with Gasteiger partial charge >= 0.3 is 11.9 Å². The number of aryl methyl sites for hydroxylation is 2. The number of nitrogens with two attached hydrogens (primary N) is 1. The summed E-state index contributed by atoms with van der Waals surface area (Å²) in [5.41, 5.74) is 3.58. The van der Waals surface area contributed by atoms with Crippen LogP contribution in [0.25, 0.3) is 44.3 Å². The third-order valence-corrected chi connectivity index (χ3v) is 14.2. The maximum atomic E-state index is 14.1. The summed E-state index contributed by atoms with van der Waals surface area (Å²) in [6.07, 6.45) is -1.49. The number of aliphatic imine (C=N–C) groups is 1. The molecule has 1 saturated heterocycles. The second-order valence-electron chi connectivity index (χ2n) is 19.8. The lowest BCUT2D eigenvalue weighted by Crippen LogP contribution is -2.83. The number of nitrogens with zero attached hydrogens (tertiary/aromatic N) is 2. The van der Waals surface area contributed by atoms with Gasteiger partial charge in [-0.05, 0) is 87.6 Å². The number of esters is 1. The number of aromatic nitrogens is 2. The van der Waals surface area contributed by atoms with E-state index in [9.17, 15) is 54.9 Å². The number of hydrogen-bond acceptors (Lipinski definition) is 18. The number of nitrogens with one attached hydrogen (secondary N) is 4. The number of aliphatic hydroxyl groups excluding tert-OH is 3. The second-order valence-corrected chi connectivity index (χ2v) is 19.8. The number of benzene rings is 3. The first-order valence-electron chi connectivity index (χ1n) is 25.9. The minimum atomic E-state index is -3.23. The molecule has 2 fully saturated rings. The van der Waals surface area contributed by atoms with E-state index >= 15 is 0 Å². The van der Waals surface area contributed by atoms with Crippen LogP contribution in [0.4, 0.5) is 0 Å². The van der Waals surface area contributed by atoms with Crippen LogP contribution < -0.4 is 36.7 Å². The number of carboxylic acids is 1. The minimum Gasteiger partial charge on any atom is -0.508 e. The number of phenols is 1. The van der Waals surface area contributed by atoms with Gasteiger partial charge in [0.1, 0.15) is 35.3 Å². The SMILES string of the molecule is Cc1cc(C)cc(-c2c3[nH]ccc3cn2O[C@@H]2[C@@H](Oc3ccc4c(=O)c(-c5ccc(O)cc5)coc4c3)O[C@@H]([C@@H](NC(N)=NCCNC3CCCCC3)OC(=O)[C@H](NCCC=O)C(=O)O)[C@@](O)(CO)[C@]2(O)[C@H](O)CCCO)c1. The summed E-state index contributed by atoms with van der Waals surface area (Å²) in [5.74, 6) is -3.80. The number of H-pyrrole nitrogens is 1. The molecule has 13 N–H and O–H groups in total. The number of carboxylic acid groups (broad SMARTS) is 1. The first-order valence-corrected chi connectivity index (χ1v) is 25.9. The van der Waals surface area contributed by atoms with Crippen molar-refractivity contribution in [2.45, 2.75) is 119 Å². The predicted octanol–water partition coefficient (Wildman–Crippen LogP) is 2.25. The Bertz CT molecular complexity index is 3120. The van der Waals surface area contributed by atoms with Crippen LogP contribution in [0.2, 0.25) is 0 Å². The number of aliphatic carboxylic acids is 1. The third kappa shape index (κ3) is 12.2. The first kappa shape index (κ1) is 56.8. The molecule has 0 radical (unpaired) electrons. The normalized spacial score (nSPS) is 22.2. The lowest BCUT2D eigenvalue weighted by molar-refractivity contribution is -0.387. The lowest BCUT2D eigenvalue weighted by atomic mass is 9.68. The fraction of sp³-hybridized carbons (Fsp3) is 0.436. The molecule has 8 rings (SSSR count). The second kappa shape index (κ2) is 25.0. The number of phenolic OH excluding ortho intramolecular Hbond substituents is 1. The zero-order valence-corrected chi connectivity index (χ0v) is 43.2. The molecule has 0 spiro atoms. The number of carbonyl (C=O) groups is 3. The average molecular weight is 1080 g/mol. The van der Waals surface area contributed by atoms with Crippen LogP contribution in [-0.4, -0.2) is 157 Å². The quantitative estimate of drug-likeness (QED) is 0.00786. The van der Waals surface area contributed by atoms with Gasteiger partial charge in [-0.15, -0.1) is 0 Å². The maximum absolute atomic E-state index is 14.1. The molecule has 1 aliphatic heterocycles. The number of hydrogen-bond donors (Lipinski definition) is 12. The van der Waals surface area contributed by atoms with E-state index < -0.39 is 91.0 Å². The van der Waals surface area contributed by atoms with Gasteiger partial charge in [-0.2, -0.15) is 4.73 Å². The van der Waals surface area contributed by atoms with Crippen molar-refractivity contribution in [3.63, 3.8) is 0 Å². The summed E-state index contributed by atoms with van der Waals surface area (Å²) in [7, 11) is 0. The number of ether oxygens (including phenoxy) is 3. The predicted molar refractivity (Wildman–Crippen MR) is 284 cm³/mol. The Morgan fingerprint density at radius 2 is 1.74 bits per heavy atom. The Hall–Kier alpha value is -7.35. The van der Waals surface area contributed by atoms with Gasteiger partial charge in [0.25, 0.3) is 0 Å². The fourth-order valence-electron chi connectivity index (χ4n) is 10.4. The molecule has 8 atom stereocenters. The molecule has 0 bridgehead atoms. The van der Waals surface area contributed by atoms with Crippen molar-refractivity contribution >= 4 is 46.1 Å². The van der Waals surface area contributed by atoms with Crippen molar-refractivity contribution < 1.29 is 73.6 Å². The summed E-state index contributed by atoms with van der Waals surface area (Å²) in [6.45, 7) is 1.96. The molecule has 0 amide bonds. The zero-order valence-electron chi connectivity index (χ0n) is 43.2. The Morgan fingerprint density at radius 1 is 1.00 bits per heavy atom. The van der Waals surface area contributed by atoms with Crippen LogP contribution in [0.3, 0.4) is 0 Å². The molecule has 3 aromatic heterocycles. The van der Waals surface area contributed by atoms with Crippen molar-refractivity contribution in [1.29, 1.82) is 0 Å². The molecule has 78 heavy (non-hydrogen) atoms. The van der Waals surface area contributed by atoms with Gasteiger partial charge in [-0.3, -0.25) is 15.1 Å². The third-order valence-electron chi connectivity index (χ3n) is 14.2. The van der Waals surface area contributed by atoms with Crippen molar-refractivity contribution in [1.82, 2.24) is 25.7 Å². The number of rotatable bonds is 24. The molecule has 3 aromatic carbocycles. The van der Waals surface area contributed by atoms with Gasteiger partial charge in [-0.1, -0.05) is 48.6 Å². The highest BCUT2D eigenvalue weighted by Gasteiger charge is 2.72. The molecule has 418 valence electrons. The summed E-state index contributed by atoms with van der Waals surface area (Å²) >= 11 is 0. The summed E-state index contributed by atoms with van der Waals surface area (Å²) in [6, 6.07) is 15.6. The van der Waals surface area contributed by atoms with Gasteiger partial charge in [0.15, 0.2) is 28.7 Å². The molecule has 6 aromatic rings.